The van der Waals surface area contributed by atoms with Gasteiger partial charge in [0.15, 0.2) is 0 Å². The minimum absolute atomic E-state index is 0. The predicted octanol–water partition coefficient (Wildman–Crippen LogP) is 2.97. The Morgan fingerprint density at radius 1 is 1.00 bits per heavy atom. The van der Waals surface area contributed by atoms with E-state index in [0.29, 0.717) is 0 Å². The molecule has 0 spiro atoms. The Balaban J connectivity index is 0.00000225. The summed E-state index contributed by atoms with van der Waals surface area (Å²) in [6.07, 6.45) is -2.69. The SMILES string of the molecule is Cl.N[C@H](c1ccc(OC(F)F)cc1)C(F)F. The van der Waals surface area contributed by atoms with E-state index < -0.39 is 19.1 Å². The summed E-state index contributed by atoms with van der Waals surface area (Å²) in [7, 11) is 0. The van der Waals surface area contributed by atoms with Gasteiger partial charge in [-0.2, -0.15) is 8.78 Å². The molecule has 0 radical (unpaired) electrons. The number of hydrogen-bond donors (Lipinski definition) is 1. The minimum Gasteiger partial charge on any atom is -0.435 e. The number of alkyl halides is 4. The number of halogens is 5. The van der Waals surface area contributed by atoms with Crippen molar-refractivity contribution in [1.29, 1.82) is 0 Å². The van der Waals surface area contributed by atoms with E-state index in [1.165, 1.54) is 24.3 Å². The van der Waals surface area contributed by atoms with Gasteiger partial charge in [0.25, 0.3) is 6.43 Å². The summed E-state index contributed by atoms with van der Waals surface area (Å²) in [5.41, 5.74) is 5.32. The van der Waals surface area contributed by atoms with Crippen LogP contribution < -0.4 is 10.5 Å². The van der Waals surface area contributed by atoms with E-state index in [9.17, 15) is 17.6 Å². The van der Waals surface area contributed by atoms with Crippen molar-refractivity contribution in [3.63, 3.8) is 0 Å². The Hall–Kier alpha value is -1.01. The number of hydrogen-bond acceptors (Lipinski definition) is 2. The average Bonchev–Trinajstić information content (AvgIpc) is 2.17. The second-order valence-corrected chi connectivity index (χ2v) is 2.81. The van der Waals surface area contributed by atoms with Crippen LogP contribution in [0.25, 0.3) is 0 Å². The van der Waals surface area contributed by atoms with E-state index in [1.807, 2.05) is 0 Å². The normalized spacial score (nSPS) is 12.4. The van der Waals surface area contributed by atoms with Crippen molar-refractivity contribution in [2.75, 3.05) is 0 Å². The second-order valence-electron chi connectivity index (χ2n) is 2.81. The van der Waals surface area contributed by atoms with Crippen molar-refractivity contribution < 1.29 is 22.3 Å². The Kier molecular flexibility index (Phi) is 6.13. The highest BCUT2D eigenvalue weighted by Gasteiger charge is 2.17. The molecule has 0 fully saturated rings. The molecule has 0 amide bonds. The van der Waals surface area contributed by atoms with E-state index in [-0.39, 0.29) is 23.7 Å². The van der Waals surface area contributed by atoms with Crippen LogP contribution in [0.1, 0.15) is 11.6 Å². The van der Waals surface area contributed by atoms with Gasteiger partial charge in [-0.05, 0) is 17.7 Å². The minimum atomic E-state index is -2.93. The fourth-order valence-electron chi connectivity index (χ4n) is 1.02. The van der Waals surface area contributed by atoms with Gasteiger partial charge in [0.05, 0.1) is 6.04 Å². The first-order valence-corrected chi connectivity index (χ1v) is 4.09. The quantitative estimate of drug-likeness (QED) is 0.844. The van der Waals surface area contributed by atoms with Crippen molar-refractivity contribution in [1.82, 2.24) is 0 Å². The molecule has 0 aliphatic heterocycles. The molecule has 0 saturated heterocycles. The summed E-state index contributed by atoms with van der Waals surface area (Å²) in [6, 6.07) is 3.39. The third kappa shape index (κ3) is 4.24. The molecule has 0 heterocycles. The highest BCUT2D eigenvalue weighted by Crippen LogP contribution is 2.21. The van der Waals surface area contributed by atoms with Crippen LogP contribution in [0, 0.1) is 0 Å². The summed E-state index contributed by atoms with van der Waals surface area (Å²) in [6.45, 7) is -2.93. The van der Waals surface area contributed by atoms with Gasteiger partial charge in [-0.1, -0.05) is 12.1 Å². The molecule has 1 rings (SSSR count). The topological polar surface area (TPSA) is 35.2 Å². The molecular formula is C9H10ClF4NO. The van der Waals surface area contributed by atoms with Crippen LogP contribution in [0.3, 0.4) is 0 Å². The van der Waals surface area contributed by atoms with Crippen molar-refractivity contribution in [2.24, 2.45) is 5.73 Å². The summed E-state index contributed by atoms with van der Waals surface area (Å²) < 4.78 is 51.8. The van der Waals surface area contributed by atoms with E-state index in [0.717, 1.165) is 0 Å². The average molecular weight is 260 g/mol. The number of rotatable bonds is 4. The maximum absolute atomic E-state index is 12.1. The highest BCUT2D eigenvalue weighted by atomic mass is 35.5. The molecule has 0 aliphatic rings. The third-order valence-electron chi connectivity index (χ3n) is 1.76. The number of ether oxygens (including phenoxy) is 1. The largest absolute Gasteiger partial charge is 0.435 e. The first-order chi connectivity index (χ1) is 7.00. The predicted molar refractivity (Wildman–Crippen MR) is 53.3 cm³/mol. The van der Waals surface area contributed by atoms with Crippen molar-refractivity contribution in [3.05, 3.63) is 29.8 Å². The molecule has 1 aromatic rings. The molecule has 0 aromatic heterocycles. The fraction of sp³-hybridized carbons (Fsp3) is 0.333. The maximum atomic E-state index is 12.1. The van der Waals surface area contributed by atoms with Gasteiger partial charge in [-0.3, -0.25) is 0 Å². The van der Waals surface area contributed by atoms with Gasteiger partial charge in [0, 0.05) is 0 Å². The summed E-state index contributed by atoms with van der Waals surface area (Å²) >= 11 is 0. The molecule has 92 valence electrons. The van der Waals surface area contributed by atoms with Crippen molar-refractivity contribution in [3.8, 4) is 5.75 Å². The lowest BCUT2D eigenvalue weighted by molar-refractivity contribution is -0.0498. The Morgan fingerprint density at radius 2 is 1.50 bits per heavy atom. The molecule has 2 N–H and O–H groups in total. The highest BCUT2D eigenvalue weighted by molar-refractivity contribution is 5.85. The molecule has 1 aromatic carbocycles. The van der Waals surface area contributed by atoms with Crippen molar-refractivity contribution in [2.45, 2.75) is 19.1 Å². The maximum Gasteiger partial charge on any atom is 0.387 e. The summed E-state index contributed by atoms with van der Waals surface area (Å²) in [5, 5.41) is 0. The zero-order chi connectivity index (χ0) is 11.4. The van der Waals surface area contributed by atoms with Crippen LogP contribution in [0.2, 0.25) is 0 Å². The van der Waals surface area contributed by atoms with Gasteiger partial charge in [-0.25, -0.2) is 8.78 Å². The molecule has 0 saturated carbocycles. The van der Waals surface area contributed by atoms with Crippen LogP contribution in [-0.2, 0) is 0 Å². The van der Waals surface area contributed by atoms with E-state index in [2.05, 4.69) is 4.74 Å². The zero-order valence-electron chi connectivity index (χ0n) is 7.95. The van der Waals surface area contributed by atoms with Gasteiger partial charge in [0.1, 0.15) is 5.75 Å². The standard InChI is InChI=1S/C9H9F4NO.ClH/c10-8(11)7(14)5-1-3-6(4-2-5)15-9(12)13;/h1-4,7-9H,14H2;1H/t7-;/m1./s1. The second kappa shape index (κ2) is 6.55. The van der Waals surface area contributed by atoms with E-state index in [4.69, 9.17) is 5.73 Å². The molecule has 0 bridgehead atoms. The van der Waals surface area contributed by atoms with Gasteiger partial charge in [-0.15, -0.1) is 12.4 Å². The molecule has 16 heavy (non-hydrogen) atoms. The van der Waals surface area contributed by atoms with Gasteiger partial charge >= 0.3 is 6.61 Å². The van der Waals surface area contributed by atoms with Crippen LogP contribution in [0.4, 0.5) is 17.6 Å². The molecule has 0 aliphatic carbocycles. The molecule has 0 unspecified atom stereocenters. The lowest BCUT2D eigenvalue weighted by atomic mass is 10.1. The molecule has 7 heteroatoms. The summed E-state index contributed by atoms with van der Waals surface area (Å²) in [5.74, 6) is -0.0878. The lowest BCUT2D eigenvalue weighted by Crippen LogP contribution is -2.18. The van der Waals surface area contributed by atoms with Crippen LogP contribution in [0.5, 0.6) is 5.75 Å². The Labute approximate surface area is 95.8 Å². The monoisotopic (exact) mass is 259 g/mol. The van der Waals surface area contributed by atoms with E-state index >= 15 is 0 Å². The fourth-order valence-corrected chi connectivity index (χ4v) is 1.02. The van der Waals surface area contributed by atoms with Crippen molar-refractivity contribution >= 4 is 12.4 Å². The lowest BCUT2D eigenvalue weighted by Gasteiger charge is -2.11. The van der Waals surface area contributed by atoms with Crippen LogP contribution in [0.15, 0.2) is 24.3 Å². The van der Waals surface area contributed by atoms with E-state index in [1.54, 1.807) is 0 Å². The first kappa shape index (κ1) is 15.0. The van der Waals surface area contributed by atoms with Gasteiger partial charge in [0.2, 0.25) is 0 Å². The third-order valence-corrected chi connectivity index (χ3v) is 1.76. The van der Waals surface area contributed by atoms with Gasteiger partial charge < -0.3 is 10.5 Å². The van der Waals surface area contributed by atoms with Crippen LogP contribution in [-0.4, -0.2) is 13.0 Å². The summed E-state index contributed by atoms with van der Waals surface area (Å²) in [4.78, 5) is 0. The number of nitrogens with two attached hydrogens (primary N) is 1. The first-order valence-electron chi connectivity index (χ1n) is 4.09. The molecular weight excluding hydrogens is 250 g/mol. The number of benzene rings is 1. The molecule has 1 atom stereocenters. The Bertz CT molecular complexity index is 307. The smallest absolute Gasteiger partial charge is 0.387 e. The zero-order valence-corrected chi connectivity index (χ0v) is 8.76. The Morgan fingerprint density at radius 3 is 1.88 bits per heavy atom. The van der Waals surface area contributed by atoms with Crippen LogP contribution >= 0.6 is 12.4 Å². The molecule has 2 nitrogen and oxygen atoms in total.